The minimum absolute atomic E-state index is 0.145. The molecule has 0 saturated carbocycles. The first-order valence-electron chi connectivity index (χ1n) is 9.04. The standard InChI is InChI=1S/C18H26NO9P/c1-11(21)19-16-14(28-15(8-20)17(23)18(16)24)7-13(22)10-29(25,26)27-9-12-5-3-2-4-6-12/h2-6,14-18,20,23-24H,7-10H2,1H3,(H,19,21)(H,25,26)/t14-,15-,16+,17-,18-/m1/s1. The summed E-state index contributed by atoms with van der Waals surface area (Å²) in [6.45, 7) is 0.428. The molecule has 1 amide bonds. The second-order valence-electron chi connectivity index (χ2n) is 6.90. The molecular formula is C18H26NO9P. The number of hydrogen-bond donors (Lipinski definition) is 5. The lowest BCUT2D eigenvalue weighted by Gasteiger charge is -2.42. The zero-order valence-electron chi connectivity index (χ0n) is 15.9. The van der Waals surface area contributed by atoms with Crippen molar-refractivity contribution in [2.45, 2.75) is 50.4 Å². The van der Waals surface area contributed by atoms with Crippen molar-refractivity contribution >= 4 is 19.3 Å². The molecule has 162 valence electrons. The number of rotatable bonds is 9. The Labute approximate surface area is 168 Å². The van der Waals surface area contributed by atoms with Crippen molar-refractivity contribution in [2.24, 2.45) is 0 Å². The largest absolute Gasteiger partial charge is 0.394 e. The van der Waals surface area contributed by atoms with E-state index in [1.807, 2.05) is 0 Å². The zero-order chi connectivity index (χ0) is 21.6. The number of ketones is 1. The fourth-order valence-electron chi connectivity index (χ4n) is 3.09. The molecule has 2 rings (SSSR count). The molecular weight excluding hydrogens is 405 g/mol. The average Bonchev–Trinajstić information content (AvgIpc) is 2.66. The van der Waals surface area contributed by atoms with E-state index >= 15 is 0 Å². The second-order valence-corrected chi connectivity index (χ2v) is 8.75. The van der Waals surface area contributed by atoms with Crippen LogP contribution in [0.15, 0.2) is 30.3 Å². The van der Waals surface area contributed by atoms with Crippen LogP contribution in [0.2, 0.25) is 0 Å². The van der Waals surface area contributed by atoms with Gasteiger partial charge in [-0.3, -0.25) is 14.2 Å². The summed E-state index contributed by atoms with van der Waals surface area (Å²) in [5.41, 5.74) is 0.665. The maximum absolute atomic E-state index is 12.3. The number of aliphatic hydroxyl groups excluding tert-OH is 3. The first-order valence-corrected chi connectivity index (χ1v) is 10.8. The number of hydrogen-bond acceptors (Lipinski definition) is 8. The fraction of sp³-hybridized carbons (Fsp3) is 0.556. The van der Waals surface area contributed by atoms with E-state index in [1.54, 1.807) is 30.3 Å². The Bertz CT molecular complexity index is 744. The van der Waals surface area contributed by atoms with Gasteiger partial charge in [0.15, 0.2) is 0 Å². The minimum atomic E-state index is -4.23. The van der Waals surface area contributed by atoms with E-state index in [-0.39, 0.29) is 6.61 Å². The van der Waals surface area contributed by atoms with Gasteiger partial charge in [-0.1, -0.05) is 30.3 Å². The van der Waals surface area contributed by atoms with Crippen LogP contribution in [0.5, 0.6) is 0 Å². The predicted octanol–water partition coefficient (Wildman–Crippen LogP) is -0.666. The Morgan fingerprint density at radius 1 is 1.17 bits per heavy atom. The molecule has 1 aliphatic rings. The van der Waals surface area contributed by atoms with Crippen LogP contribution in [0.4, 0.5) is 0 Å². The summed E-state index contributed by atoms with van der Waals surface area (Å²) in [5, 5.41) is 31.9. The van der Waals surface area contributed by atoms with Gasteiger partial charge in [-0.05, 0) is 5.56 Å². The van der Waals surface area contributed by atoms with E-state index in [9.17, 15) is 34.4 Å². The summed E-state index contributed by atoms with van der Waals surface area (Å²) < 4.78 is 22.6. The molecule has 1 heterocycles. The van der Waals surface area contributed by atoms with E-state index in [0.717, 1.165) is 0 Å². The molecule has 0 aromatic heterocycles. The number of amides is 1. The number of benzene rings is 1. The first-order chi connectivity index (χ1) is 13.6. The lowest BCUT2D eigenvalue weighted by molar-refractivity contribution is -0.196. The molecule has 1 saturated heterocycles. The molecule has 1 aliphatic heterocycles. The molecule has 0 aliphatic carbocycles. The number of ether oxygens (including phenoxy) is 1. The van der Waals surface area contributed by atoms with E-state index < -0.39 is 68.9 Å². The molecule has 1 unspecified atom stereocenters. The Hall–Kier alpha value is -1.65. The van der Waals surface area contributed by atoms with Crippen molar-refractivity contribution in [3.05, 3.63) is 35.9 Å². The summed E-state index contributed by atoms with van der Waals surface area (Å²) in [6.07, 6.45) is -6.43. The monoisotopic (exact) mass is 431 g/mol. The number of carbonyl (C=O) groups excluding carboxylic acids is 2. The summed E-state index contributed by atoms with van der Waals surface area (Å²) in [5.74, 6) is -1.21. The Balaban J connectivity index is 1.99. The van der Waals surface area contributed by atoms with Gasteiger partial charge in [0.1, 0.15) is 30.3 Å². The number of nitrogens with one attached hydrogen (secondary N) is 1. The number of carbonyl (C=O) groups is 2. The second kappa shape index (κ2) is 10.4. The van der Waals surface area contributed by atoms with Crippen molar-refractivity contribution < 1.29 is 43.6 Å². The molecule has 10 nitrogen and oxygen atoms in total. The molecule has 0 radical (unpaired) electrons. The SMILES string of the molecule is CC(=O)N[C@@H]1[C@@H](O)[C@H](O)[C@@H](CO)O[C@@H]1CC(=O)CP(=O)(O)OCc1ccccc1. The smallest absolute Gasteiger partial charge is 0.335 e. The summed E-state index contributed by atoms with van der Waals surface area (Å²) in [7, 11) is -4.23. The molecule has 1 fully saturated rings. The van der Waals surface area contributed by atoms with Crippen molar-refractivity contribution in [3.8, 4) is 0 Å². The molecule has 6 atom stereocenters. The highest BCUT2D eigenvalue weighted by Gasteiger charge is 2.45. The summed E-state index contributed by atoms with van der Waals surface area (Å²) in [4.78, 5) is 33.7. The van der Waals surface area contributed by atoms with Crippen LogP contribution < -0.4 is 5.32 Å². The maximum Gasteiger partial charge on any atom is 0.335 e. The highest BCUT2D eigenvalue weighted by atomic mass is 31.2. The van der Waals surface area contributed by atoms with Gasteiger partial charge in [-0.15, -0.1) is 0 Å². The van der Waals surface area contributed by atoms with Gasteiger partial charge in [-0.2, -0.15) is 0 Å². The Kier molecular flexibility index (Phi) is 8.47. The molecule has 5 N–H and O–H groups in total. The van der Waals surface area contributed by atoms with Crippen LogP contribution in [-0.2, 0) is 30.0 Å². The van der Waals surface area contributed by atoms with E-state index in [1.165, 1.54) is 6.92 Å². The van der Waals surface area contributed by atoms with E-state index in [0.29, 0.717) is 5.56 Å². The van der Waals surface area contributed by atoms with Gasteiger partial charge in [0.05, 0.1) is 25.4 Å². The zero-order valence-corrected chi connectivity index (χ0v) is 16.8. The third-order valence-electron chi connectivity index (χ3n) is 4.48. The van der Waals surface area contributed by atoms with Crippen LogP contribution in [0, 0.1) is 0 Å². The van der Waals surface area contributed by atoms with Gasteiger partial charge in [0.25, 0.3) is 0 Å². The normalized spacial score (nSPS) is 29.1. The van der Waals surface area contributed by atoms with Crippen molar-refractivity contribution in [3.63, 3.8) is 0 Å². The summed E-state index contributed by atoms with van der Waals surface area (Å²) in [6, 6.07) is 7.55. The van der Waals surface area contributed by atoms with E-state index in [2.05, 4.69) is 5.32 Å². The third kappa shape index (κ3) is 6.97. The lowest BCUT2D eigenvalue weighted by atomic mass is 9.90. The third-order valence-corrected chi connectivity index (χ3v) is 5.76. The Morgan fingerprint density at radius 2 is 1.83 bits per heavy atom. The molecule has 1 aromatic rings. The Morgan fingerprint density at radius 3 is 2.41 bits per heavy atom. The lowest BCUT2D eigenvalue weighted by Crippen LogP contribution is -2.64. The highest BCUT2D eigenvalue weighted by molar-refractivity contribution is 7.53. The quantitative estimate of drug-likeness (QED) is 0.319. The van der Waals surface area contributed by atoms with Gasteiger partial charge >= 0.3 is 7.60 Å². The molecule has 1 aromatic carbocycles. The predicted molar refractivity (Wildman–Crippen MR) is 101 cm³/mol. The van der Waals surface area contributed by atoms with Crippen LogP contribution in [0.25, 0.3) is 0 Å². The van der Waals surface area contributed by atoms with Crippen molar-refractivity contribution in [1.29, 1.82) is 0 Å². The maximum atomic E-state index is 12.3. The first kappa shape index (κ1) is 23.6. The molecule has 0 bridgehead atoms. The molecule has 11 heteroatoms. The average molecular weight is 431 g/mol. The van der Waals surface area contributed by atoms with Crippen LogP contribution in [0.1, 0.15) is 18.9 Å². The molecule has 29 heavy (non-hydrogen) atoms. The minimum Gasteiger partial charge on any atom is -0.394 e. The highest BCUT2D eigenvalue weighted by Crippen LogP contribution is 2.43. The van der Waals surface area contributed by atoms with Crippen LogP contribution >= 0.6 is 7.60 Å². The van der Waals surface area contributed by atoms with Gasteiger partial charge in [0, 0.05) is 13.3 Å². The number of Topliss-reactive ketones (excluding diaryl/α,β-unsaturated/α-hetero) is 1. The molecule has 0 spiro atoms. The van der Waals surface area contributed by atoms with Gasteiger partial charge in [-0.25, -0.2) is 0 Å². The van der Waals surface area contributed by atoms with Crippen LogP contribution in [-0.4, -0.2) is 75.1 Å². The fourth-order valence-corrected chi connectivity index (χ4v) is 4.11. The summed E-state index contributed by atoms with van der Waals surface area (Å²) >= 11 is 0. The van der Waals surface area contributed by atoms with Crippen LogP contribution in [0.3, 0.4) is 0 Å². The van der Waals surface area contributed by atoms with Crippen molar-refractivity contribution in [1.82, 2.24) is 5.32 Å². The van der Waals surface area contributed by atoms with Gasteiger partial charge < -0.3 is 34.8 Å². The number of aliphatic hydroxyl groups is 3. The topological polar surface area (TPSA) is 163 Å². The van der Waals surface area contributed by atoms with E-state index in [4.69, 9.17) is 9.26 Å². The van der Waals surface area contributed by atoms with Crippen molar-refractivity contribution in [2.75, 3.05) is 12.8 Å². The van der Waals surface area contributed by atoms with Gasteiger partial charge in [0.2, 0.25) is 5.91 Å².